The topological polar surface area (TPSA) is 101 Å². The minimum Gasteiger partial charge on any atom is -0.508 e. The Bertz CT molecular complexity index is 768. The third-order valence-corrected chi connectivity index (χ3v) is 5.86. The molecule has 0 spiro atoms. The molecule has 2 saturated heterocycles. The summed E-state index contributed by atoms with van der Waals surface area (Å²) in [4.78, 5) is 35.8. The van der Waals surface area contributed by atoms with Gasteiger partial charge >= 0.3 is 0 Å². The van der Waals surface area contributed by atoms with Crippen molar-refractivity contribution in [2.45, 2.75) is 26.2 Å². The van der Waals surface area contributed by atoms with Gasteiger partial charge in [0.1, 0.15) is 5.75 Å². The van der Waals surface area contributed by atoms with E-state index in [0.29, 0.717) is 25.2 Å². The van der Waals surface area contributed by atoms with Crippen molar-refractivity contribution < 1.29 is 14.7 Å². The van der Waals surface area contributed by atoms with Crippen LogP contribution in [0.2, 0.25) is 0 Å². The third-order valence-electron chi connectivity index (χ3n) is 5.86. The Morgan fingerprint density at radius 3 is 2.28 bits per heavy atom. The second kappa shape index (κ2) is 12.3. The summed E-state index contributed by atoms with van der Waals surface area (Å²) in [6.45, 7) is 9.32. The number of likely N-dealkylation sites (tertiary alicyclic amines) is 1. The summed E-state index contributed by atoms with van der Waals surface area (Å²) < 4.78 is 0. The van der Waals surface area contributed by atoms with Crippen LogP contribution in [-0.2, 0) is 4.79 Å². The molecule has 0 atom stereocenters. The maximum atomic E-state index is 12.5. The Balaban J connectivity index is 1.42. The minimum atomic E-state index is -0.183. The van der Waals surface area contributed by atoms with Gasteiger partial charge in [0.2, 0.25) is 5.91 Å². The Morgan fingerprint density at radius 1 is 0.938 bits per heavy atom. The highest BCUT2D eigenvalue weighted by Crippen LogP contribution is 2.11. The van der Waals surface area contributed by atoms with E-state index in [4.69, 9.17) is 0 Å². The number of carbonyl (C=O) groups is 2. The second-order valence-corrected chi connectivity index (χ2v) is 8.24. The summed E-state index contributed by atoms with van der Waals surface area (Å²) in [5, 5.41) is 15.5. The smallest absolute Gasteiger partial charge is 0.251 e. The first-order valence-corrected chi connectivity index (χ1v) is 11.7. The van der Waals surface area contributed by atoms with Crippen LogP contribution < -0.4 is 10.6 Å². The number of piperidine rings is 1. The average molecular weight is 445 g/mol. The molecule has 1 aromatic rings. The van der Waals surface area contributed by atoms with Gasteiger partial charge in [-0.1, -0.05) is 0 Å². The first kappa shape index (κ1) is 23.8. The summed E-state index contributed by atoms with van der Waals surface area (Å²) in [5.74, 6) is 1.05. The molecule has 176 valence electrons. The summed E-state index contributed by atoms with van der Waals surface area (Å²) >= 11 is 0. The molecule has 0 saturated carbocycles. The Morgan fingerprint density at radius 2 is 1.62 bits per heavy atom. The molecular weight excluding hydrogens is 408 g/mol. The zero-order valence-corrected chi connectivity index (χ0v) is 19.1. The van der Waals surface area contributed by atoms with Crippen molar-refractivity contribution in [3.8, 4) is 5.75 Å². The molecule has 2 amide bonds. The molecule has 9 heteroatoms. The Labute approximate surface area is 190 Å². The zero-order chi connectivity index (χ0) is 22.8. The number of nitrogens with zero attached hydrogens (tertiary/aromatic N) is 4. The van der Waals surface area contributed by atoms with Gasteiger partial charge in [-0.2, -0.15) is 0 Å². The maximum absolute atomic E-state index is 12.5. The van der Waals surface area contributed by atoms with E-state index in [-0.39, 0.29) is 17.6 Å². The van der Waals surface area contributed by atoms with Gasteiger partial charge in [0, 0.05) is 57.9 Å². The summed E-state index contributed by atoms with van der Waals surface area (Å²) in [6.07, 6.45) is 3.48. The molecule has 0 aliphatic carbocycles. The van der Waals surface area contributed by atoms with E-state index in [9.17, 15) is 14.7 Å². The number of guanidine groups is 1. The molecule has 9 nitrogen and oxygen atoms in total. The number of amides is 2. The quantitative estimate of drug-likeness (QED) is 0.326. The van der Waals surface area contributed by atoms with Crippen LogP contribution >= 0.6 is 0 Å². The number of phenolic OH excluding ortho intramolecular Hbond substituents is 1. The summed E-state index contributed by atoms with van der Waals surface area (Å²) in [7, 11) is 0. The van der Waals surface area contributed by atoms with Gasteiger partial charge in [-0.05, 0) is 50.5 Å². The van der Waals surface area contributed by atoms with Gasteiger partial charge in [0.15, 0.2) is 5.96 Å². The fraction of sp³-hybridized carbons (Fsp3) is 0.609. The van der Waals surface area contributed by atoms with Crippen LogP contribution in [0.3, 0.4) is 0 Å². The first-order chi connectivity index (χ1) is 15.6. The van der Waals surface area contributed by atoms with Crippen molar-refractivity contribution in [2.24, 2.45) is 4.99 Å². The van der Waals surface area contributed by atoms with Crippen LogP contribution in [0.25, 0.3) is 0 Å². The SMILES string of the molecule is CCNC(=NCCNC(=O)c1ccc(O)cc1)N1CCN(CC(=O)N2CCCCC2)CC1. The molecular formula is C23H36N6O3. The molecule has 0 aromatic heterocycles. The lowest BCUT2D eigenvalue weighted by atomic mass is 10.1. The van der Waals surface area contributed by atoms with Crippen LogP contribution in [0.5, 0.6) is 5.75 Å². The summed E-state index contributed by atoms with van der Waals surface area (Å²) in [5.41, 5.74) is 0.508. The fourth-order valence-electron chi connectivity index (χ4n) is 4.02. The molecule has 0 unspecified atom stereocenters. The molecule has 32 heavy (non-hydrogen) atoms. The van der Waals surface area contributed by atoms with Gasteiger partial charge in [-0.25, -0.2) is 0 Å². The van der Waals surface area contributed by atoms with Crippen LogP contribution in [-0.4, -0.2) is 103 Å². The van der Waals surface area contributed by atoms with E-state index in [0.717, 1.165) is 64.6 Å². The van der Waals surface area contributed by atoms with E-state index < -0.39 is 0 Å². The highest BCUT2D eigenvalue weighted by Gasteiger charge is 2.24. The van der Waals surface area contributed by atoms with E-state index in [1.807, 2.05) is 11.8 Å². The molecule has 1 aromatic carbocycles. The largest absolute Gasteiger partial charge is 0.508 e. The maximum Gasteiger partial charge on any atom is 0.251 e. The van der Waals surface area contributed by atoms with Crippen molar-refractivity contribution in [1.82, 2.24) is 25.3 Å². The molecule has 2 aliphatic rings. The third kappa shape index (κ3) is 7.12. The number of carbonyl (C=O) groups excluding carboxylic acids is 2. The Hall–Kier alpha value is -2.81. The zero-order valence-electron chi connectivity index (χ0n) is 19.1. The molecule has 2 heterocycles. The second-order valence-electron chi connectivity index (χ2n) is 8.24. The van der Waals surface area contributed by atoms with E-state index in [1.54, 1.807) is 12.1 Å². The number of benzene rings is 1. The highest BCUT2D eigenvalue weighted by atomic mass is 16.3. The van der Waals surface area contributed by atoms with Crippen molar-refractivity contribution in [1.29, 1.82) is 0 Å². The molecule has 0 radical (unpaired) electrons. The molecule has 0 bridgehead atoms. The van der Waals surface area contributed by atoms with Crippen LogP contribution in [0.4, 0.5) is 0 Å². The van der Waals surface area contributed by atoms with Gasteiger partial charge in [-0.3, -0.25) is 19.5 Å². The van der Waals surface area contributed by atoms with Gasteiger partial charge in [0.25, 0.3) is 5.91 Å². The van der Waals surface area contributed by atoms with E-state index in [1.165, 1.54) is 18.6 Å². The van der Waals surface area contributed by atoms with Gasteiger partial charge in [0.05, 0.1) is 13.1 Å². The number of piperazine rings is 1. The predicted molar refractivity (Wildman–Crippen MR) is 125 cm³/mol. The van der Waals surface area contributed by atoms with E-state index >= 15 is 0 Å². The summed E-state index contributed by atoms with van der Waals surface area (Å²) in [6, 6.07) is 6.17. The number of aliphatic imine (C=N–C) groups is 1. The fourth-order valence-corrected chi connectivity index (χ4v) is 4.02. The number of phenols is 1. The normalized spacial score (nSPS) is 17.8. The standard InChI is InChI=1S/C23H36N6O3/c1-2-24-23(26-11-10-25-22(32)19-6-8-20(30)9-7-19)29-16-14-27(15-17-29)18-21(31)28-12-4-3-5-13-28/h6-9,30H,2-5,10-18H2,1H3,(H,24,26)(H,25,32). The van der Waals surface area contributed by atoms with Crippen LogP contribution in [0.15, 0.2) is 29.3 Å². The van der Waals surface area contributed by atoms with Crippen molar-refractivity contribution in [3.05, 3.63) is 29.8 Å². The van der Waals surface area contributed by atoms with Crippen LogP contribution in [0, 0.1) is 0 Å². The first-order valence-electron chi connectivity index (χ1n) is 11.7. The monoisotopic (exact) mass is 444 g/mol. The average Bonchev–Trinajstić information content (AvgIpc) is 2.82. The number of hydrogen-bond donors (Lipinski definition) is 3. The number of hydrogen-bond acceptors (Lipinski definition) is 5. The van der Waals surface area contributed by atoms with Gasteiger partial charge in [-0.15, -0.1) is 0 Å². The number of nitrogens with one attached hydrogen (secondary N) is 2. The van der Waals surface area contributed by atoms with Gasteiger partial charge < -0.3 is 25.5 Å². The lowest BCUT2D eigenvalue weighted by Gasteiger charge is -2.37. The molecule has 2 aliphatic heterocycles. The highest BCUT2D eigenvalue weighted by molar-refractivity contribution is 5.94. The van der Waals surface area contributed by atoms with E-state index in [2.05, 4.69) is 25.4 Å². The Kier molecular flexibility index (Phi) is 9.15. The number of aromatic hydroxyl groups is 1. The molecule has 3 rings (SSSR count). The number of rotatable bonds is 7. The lowest BCUT2D eigenvalue weighted by Crippen LogP contribution is -2.54. The van der Waals surface area contributed by atoms with Crippen molar-refractivity contribution >= 4 is 17.8 Å². The van der Waals surface area contributed by atoms with Crippen LogP contribution in [0.1, 0.15) is 36.5 Å². The predicted octanol–water partition coefficient (Wildman–Crippen LogP) is 0.718. The minimum absolute atomic E-state index is 0.136. The van der Waals surface area contributed by atoms with Crippen molar-refractivity contribution in [2.75, 3.05) is 65.4 Å². The molecule has 3 N–H and O–H groups in total. The molecule has 2 fully saturated rings. The van der Waals surface area contributed by atoms with Crippen molar-refractivity contribution in [3.63, 3.8) is 0 Å². The lowest BCUT2D eigenvalue weighted by molar-refractivity contribution is -0.133.